The van der Waals surface area contributed by atoms with Crippen LogP contribution in [0.2, 0.25) is 0 Å². The molecule has 3 nitrogen and oxygen atoms in total. The standard InChI is InChI=1S/C13H16N2OS/c1-2-15-9-8-14-13(15)12(16)7-3-5-11-6-4-10-17-11/h4,6,8-10H,2-3,5,7H2,1H3. The number of ketones is 1. The molecule has 0 unspecified atom stereocenters. The van der Waals surface area contributed by atoms with Gasteiger partial charge in [-0.25, -0.2) is 4.98 Å². The summed E-state index contributed by atoms with van der Waals surface area (Å²) in [7, 11) is 0. The maximum atomic E-state index is 11.9. The van der Waals surface area contributed by atoms with Crippen LogP contribution in [-0.2, 0) is 13.0 Å². The Kier molecular flexibility index (Phi) is 4.09. The predicted molar refractivity (Wildman–Crippen MR) is 69.5 cm³/mol. The van der Waals surface area contributed by atoms with Gasteiger partial charge in [-0.15, -0.1) is 11.3 Å². The van der Waals surface area contributed by atoms with Gasteiger partial charge in [-0.05, 0) is 31.2 Å². The van der Waals surface area contributed by atoms with E-state index in [0.717, 1.165) is 19.4 Å². The molecule has 0 fully saturated rings. The fraction of sp³-hybridized carbons (Fsp3) is 0.385. The molecular weight excluding hydrogens is 232 g/mol. The van der Waals surface area contributed by atoms with Crippen LogP contribution in [-0.4, -0.2) is 15.3 Å². The van der Waals surface area contributed by atoms with Crippen molar-refractivity contribution in [3.8, 4) is 0 Å². The van der Waals surface area contributed by atoms with Crippen molar-refractivity contribution in [3.63, 3.8) is 0 Å². The first-order chi connectivity index (χ1) is 8.31. The van der Waals surface area contributed by atoms with Crippen LogP contribution in [0.5, 0.6) is 0 Å². The molecule has 2 heterocycles. The Morgan fingerprint density at radius 1 is 1.53 bits per heavy atom. The average Bonchev–Trinajstić information content (AvgIpc) is 2.99. The molecule has 0 aliphatic heterocycles. The van der Waals surface area contributed by atoms with Crippen molar-refractivity contribution >= 4 is 17.1 Å². The molecule has 0 aromatic carbocycles. The van der Waals surface area contributed by atoms with Crippen molar-refractivity contribution in [2.75, 3.05) is 0 Å². The van der Waals surface area contributed by atoms with Crippen LogP contribution in [0.4, 0.5) is 0 Å². The summed E-state index contributed by atoms with van der Waals surface area (Å²) in [6, 6.07) is 4.16. The van der Waals surface area contributed by atoms with E-state index in [2.05, 4.69) is 16.4 Å². The van der Waals surface area contributed by atoms with E-state index < -0.39 is 0 Å². The van der Waals surface area contributed by atoms with Gasteiger partial charge in [0.05, 0.1) is 0 Å². The van der Waals surface area contributed by atoms with Gasteiger partial charge in [0.25, 0.3) is 0 Å². The van der Waals surface area contributed by atoms with Crippen LogP contribution in [0, 0.1) is 0 Å². The highest BCUT2D eigenvalue weighted by Gasteiger charge is 2.11. The normalized spacial score (nSPS) is 10.6. The van der Waals surface area contributed by atoms with E-state index >= 15 is 0 Å². The Morgan fingerprint density at radius 2 is 2.41 bits per heavy atom. The Morgan fingerprint density at radius 3 is 3.12 bits per heavy atom. The first kappa shape index (κ1) is 12.0. The quantitative estimate of drug-likeness (QED) is 0.736. The van der Waals surface area contributed by atoms with E-state index in [4.69, 9.17) is 0 Å². The molecule has 0 saturated heterocycles. The molecule has 0 N–H and O–H groups in total. The summed E-state index contributed by atoms with van der Waals surface area (Å²) in [5.41, 5.74) is 0. The van der Waals surface area contributed by atoms with Crippen molar-refractivity contribution < 1.29 is 4.79 Å². The van der Waals surface area contributed by atoms with Gasteiger partial charge in [-0.1, -0.05) is 6.07 Å². The van der Waals surface area contributed by atoms with Crippen molar-refractivity contribution in [1.82, 2.24) is 9.55 Å². The van der Waals surface area contributed by atoms with Crippen molar-refractivity contribution in [1.29, 1.82) is 0 Å². The molecule has 2 aromatic rings. The molecule has 0 atom stereocenters. The lowest BCUT2D eigenvalue weighted by molar-refractivity contribution is 0.0966. The highest BCUT2D eigenvalue weighted by Crippen LogP contribution is 2.13. The largest absolute Gasteiger partial charge is 0.329 e. The molecule has 17 heavy (non-hydrogen) atoms. The Balaban J connectivity index is 1.85. The second kappa shape index (κ2) is 5.77. The predicted octanol–water partition coefficient (Wildman–Crippen LogP) is 3.17. The van der Waals surface area contributed by atoms with Crippen LogP contribution < -0.4 is 0 Å². The molecule has 0 saturated carbocycles. The molecule has 0 spiro atoms. The van der Waals surface area contributed by atoms with E-state index in [9.17, 15) is 4.79 Å². The van der Waals surface area contributed by atoms with Gasteiger partial charge >= 0.3 is 0 Å². The first-order valence-electron chi connectivity index (χ1n) is 5.88. The Labute approximate surface area is 105 Å². The molecule has 0 aliphatic rings. The Bertz CT molecular complexity index is 473. The number of imidazole rings is 1. The zero-order valence-corrected chi connectivity index (χ0v) is 10.7. The van der Waals surface area contributed by atoms with Gasteiger partial charge in [0.2, 0.25) is 0 Å². The summed E-state index contributed by atoms with van der Waals surface area (Å²) in [6.45, 7) is 2.82. The van der Waals surface area contributed by atoms with Crippen molar-refractivity contribution in [2.24, 2.45) is 0 Å². The molecule has 4 heteroatoms. The summed E-state index contributed by atoms with van der Waals surface area (Å²) in [6.07, 6.45) is 6.00. The SMILES string of the molecule is CCn1ccnc1C(=O)CCCc1cccs1. The molecule has 2 aromatic heterocycles. The van der Waals surface area contributed by atoms with E-state index in [1.807, 2.05) is 23.8 Å². The molecule has 0 bridgehead atoms. The molecule has 90 valence electrons. The second-order valence-corrected chi connectivity index (χ2v) is 4.93. The number of rotatable bonds is 6. The van der Waals surface area contributed by atoms with Crippen LogP contribution in [0.15, 0.2) is 29.9 Å². The number of thiophene rings is 1. The van der Waals surface area contributed by atoms with Gasteiger partial charge in [0.15, 0.2) is 11.6 Å². The summed E-state index contributed by atoms with van der Waals surface area (Å²) in [4.78, 5) is 17.4. The van der Waals surface area contributed by atoms with Crippen LogP contribution in [0.3, 0.4) is 0 Å². The second-order valence-electron chi connectivity index (χ2n) is 3.89. The summed E-state index contributed by atoms with van der Waals surface area (Å²) in [5, 5.41) is 2.07. The monoisotopic (exact) mass is 248 g/mol. The van der Waals surface area contributed by atoms with Gasteiger partial charge in [0.1, 0.15) is 0 Å². The third kappa shape index (κ3) is 3.03. The highest BCUT2D eigenvalue weighted by molar-refractivity contribution is 7.09. The third-order valence-corrected chi connectivity index (χ3v) is 3.65. The van der Waals surface area contributed by atoms with E-state index in [0.29, 0.717) is 12.2 Å². The van der Waals surface area contributed by atoms with E-state index in [1.165, 1.54) is 4.88 Å². The smallest absolute Gasteiger partial charge is 0.198 e. The minimum Gasteiger partial charge on any atom is -0.329 e. The van der Waals surface area contributed by atoms with Crippen LogP contribution in [0.25, 0.3) is 0 Å². The van der Waals surface area contributed by atoms with E-state index in [-0.39, 0.29) is 5.78 Å². The highest BCUT2D eigenvalue weighted by atomic mass is 32.1. The zero-order valence-electron chi connectivity index (χ0n) is 9.93. The van der Waals surface area contributed by atoms with Gasteiger partial charge < -0.3 is 4.57 Å². The number of nitrogens with zero attached hydrogens (tertiary/aromatic N) is 2. The maximum absolute atomic E-state index is 11.9. The zero-order chi connectivity index (χ0) is 12.1. The molecule has 0 aliphatic carbocycles. The van der Waals surface area contributed by atoms with Gasteiger partial charge in [-0.2, -0.15) is 0 Å². The lowest BCUT2D eigenvalue weighted by Gasteiger charge is -2.03. The third-order valence-electron chi connectivity index (χ3n) is 2.71. The minimum absolute atomic E-state index is 0.147. The first-order valence-corrected chi connectivity index (χ1v) is 6.76. The molecule has 0 radical (unpaired) electrons. The summed E-state index contributed by atoms with van der Waals surface area (Å²) in [5.74, 6) is 0.743. The lowest BCUT2D eigenvalue weighted by Crippen LogP contribution is -2.09. The molecule has 0 amide bonds. The number of Topliss-reactive ketones (excluding diaryl/α,β-unsaturated/α-hetero) is 1. The number of hydrogen-bond acceptors (Lipinski definition) is 3. The minimum atomic E-state index is 0.147. The number of aromatic nitrogens is 2. The van der Waals surface area contributed by atoms with Crippen LogP contribution >= 0.6 is 11.3 Å². The number of carbonyl (C=O) groups is 1. The summed E-state index contributed by atoms with van der Waals surface area (Å²) >= 11 is 1.75. The molecular formula is C13H16N2OS. The number of carbonyl (C=O) groups excluding carboxylic acids is 1. The van der Waals surface area contributed by atoms with E-state index in [1.54, 1.807) is 17.5 Å². The van der Waals surface area contributed by atoms with Gasteiger partial charge in [-0.3, -0.25) is 4.79 Å². The average molecular weight is 248 g/mol. The topological polar surface area (TPSA) is 34.9 Å². The van der Waals surface area contributed by atoms with Gasteiger partial charge in [0, 0.05) is 30.2 Å². The fourth-order valence-electron chi connectivity index (χ4n) is 1.81. The maximum Gasteiger partial charge on any atom is 0.198 e. The fourth-order valence-corrected chi connectivity index (χ4v) is 2.56. The Hall–Kier alpha value is -1.42. The van der Waals surface area contributed by atoms with Crippen LogP contribution in [0.1, 0.15) is 35.3 Å². The summed E-state index contributed by atoms with van der Waals surface area (Å²) < 4.78 is 1.90. The van der Waals surface area contributed by atoms with Crippen molar-refractivity contribution in [3.05, 3.63) is 40.6 Å². The lowest BCUT2D eigenvalue weighted by atomic mass is 10.1. The van der Waals surface area contributed by atoms with Crippen molar-refractivity contribution in [2.45, 2.75) is 32.7 Å². The molecule has 2 rings (SSSR count). The number of aryl methyl sites for hydroxylation is 2. The number of hydrogen-bond donors (Lipinski definition) is 0.